The van der Waals surface area contributed by atoms with E-state index in [4.69, 9.17) is 5.26 Å². The molecule has 1 saturated heterocycles. The normalized spacial score (nSPS) is 17.9. The predicted octanol–water partition coefficient (Wildman–Crippen LogP) is 2.37. The van der Waals surface area contributed by atoms with Crippen LogP contribution < -0.4 is 0 Å². The van der Waals surface area contributed by atoms with Crippen LogP contribution in [0.25, 0.3) is 0 Å². The Morgan fingerprint density at radius 2 is 1.76 bits per heavy atom. The number of hydrogen-bond acceptors (Lipinski definition) is 4. The van der Waals surface area contributed by atoms with Crippen LogP contribution in [-0.4, -0.2) is 42.0 Å². The summed E-state index contributed by atoms with van der Waals surface area (Å²) in [5.74, 6) is 0. The number of rotatable bonds is 5. The monoisotopic (exact) mass is 282 g/mol. The number of hydrogen-bond donors (Lipinski definition) is 0. The number of nitriles is 2. The number of piperazine rings is 1. The quantitative estimate of drug-likeness (QED) is 0.832. The summed E-state index contributed by atoms with van der Waals surface area (Å²) in [5, 5.41) is 18.0. The molecule has 1 aromatic carbocycles. The lowest BCUT2D eigenvalue weighted by molar-refractivity contribution is 0.106. The molecule has 0 spiro atoms. The van der Waals surface area contributed by atoms with Gasteiger partial charge < -0.3 is 0 Å². The zero-order valence-corrected chi connectivity index (χ0v) is 12.6. The van der Waals surface area contributed by atoms with E-state index in [0.717, 1.165) is 45.6 Å². The highest BCUT2D eigenvalue weighted by Crippen LogP contribution is 2.13. The molecule has 1 aliphatic rings. The highest BCUT2D eigenvalue weighted by molar-refractivity contribution is 5.31. The number of benzene rings is 1. The molecule has 110 valence electrons. The van der Waals surface area contributed by atoms with Crippen molar-refractivity contribution in [2.45, 2.75) is 32.4 Å². The van der Waals surface area contributed by atoms with Crippen LogP contribution in [0.4, 0.5) is 0 Å². The van der Waals surface area contributed by atoms with Crippen molar-refractivity contribution < 1.29 is 0 Å². The average Bonchev–Trinajstić information content (AvgIpc) is 2.54. The van der Waals surface area contributed by atoms with Crippen LogP contribution in [0.5, 0.6) is 0 Å². The molecule has 0 saturated carbocycles. The van der Waals surface area contributed by atoms with Gasteiger partial charge in [0.05, 0.1) is 23.7 Å². The lowest BCUT2D eigenvalue weighted by Crippen LogP contribution is -2.49. The first-order chi connectivity index (χ1) is 10.3. The highest BCUT2D eigenvalue weighted by atomic mass is 15.3. The van der Waals surface area contributed by atoms with Gasteiger partial charge in [-0.15, -0.1) is 0 Å². The second kappa shape index (κ2) is 7.78. The fraction of sp³-hybridized carbons (Fsp3) is 0.529. The zero-order valence-electron chi connectivity index (χ0n) is 12.6. The van der Waals surface area contributed by atoms with Gasteiger partial charge in [-0.05, 0) is 24.1 Å². The van der Waals surface area contributed by atoms with Gasteiger partial charge in [0.2, 0.25) is 0 Å². The summed E-state index contributed by atoms with van der Waals surface area (Å²) < 4.78 is 0. The highest BCUT2D eigenvalue weighted by Gasteiger charge is 2.22. The molecule has 1 aliphatic heterocycles. The fourth-order valence-corrected chi connectivity index (χ4v) is 2.78. The van der Waals surface area contributed by atoms with Gasteiger partial charge in [0.15, 0.2) is 0 Å². The van der Waals surface area contributed by atoms with Crippen molar-refractivity contribution >= 4 is 0 Å². The molecule has 1 heterocycles. The van der Waals surface area contributed by atoms with E-state index in [1.807, 2.05) is 24.3 Å². The molecule has 0 aliphatic carbocycles. The van der Waals surface area contributed by atoms with Gasteiger partial charge in [-0.3, -0.25) is 9.80 Å². The van der Waals surface area contributed by atoms with Gasteiger partial charge in [-0.2, -0.15) is 10.5 Å². The van der Waals surface area contributed by atoms with Gasteiger partial charge in [0.1, 0.15) is 0 Å². The van der Waals surface area contributed by atoms with Gasteiger partial charge in [-0.25, -0.2) is 0 Å². The molecule has 21 heavy (non-hydrogen) atoms. The third-order valence-electron chi connectivity index (χ3n) is 4.05. The van der Waals surface area contributed by atoms with E-state index in [2.05, 4.69) is 28.9 Å². The topological polar surface area (TPSA) is 54.1 Å². The molecule has 4 heteroatoms. The van der Waals surface area contributed by atoms with Crippen LogP contribution in [0, 0.1) is 22.7 Å². The predicted molar refractivity (Wildman–Crippen MR) is 82.3 cm³/mol. The van der Waals surface area contributed by atoms with E-state index >= 15 is 0 Å². The maximum absolute atomic E-state index is 9.23. The third kappa shape index (κ3) is 4.29. The summed E-state index contributed by atoms with van der Waals surface area (Å²) in [7, 11) is 0. The second-order valence-corrected chi connectivity index (χ2v) is 5.55. The molecule has 0 N–H and O–H groups in total. The zero-order chi connectivity index (χ0) is 15.1. The van der Waals surface area contributed by atoms with Crippen LogP contribution in [0.15, 0.2) is 24.3 Å². The Balaban J connectivity index is 1.83. The minimum Gasteiger partial charge on any atom is -0.297 e. The molecule has 1 unspecified atom stereocenters. The van der Waals surface area contributed by atoms with Crippen molar-refractivity contribution in [2.75, 3.05) is 26.2 Å². The largest absolute Gasteiger partial charge is 0.297 e. The Hall–Kier alpha value is -1.88. The SMILES string of the molecule is CCCC(C#N)N1CCN(Cc2ccc(C#N)cc2)CC1. The maximum atomic E-state index is 9.23. The Morgan fingerprint density at radius 1 is 1.10 bits per heavy atom. The van der Waals surface area contributed by atoms with Gasteiger partial charge in [0.25, 0.3) is 0 Å². The van der Waals surface area contributed by atoms with Crippen molar-refractivity contribution in [3.8, 4) is 12.1 Å². The molecule has 1 fully saturated rings. The molecule has 1 atom stereocenters. The summed E-state index contributed by atoms with van der Waals surface area (Å²) in [6.45, 7) is 6.99. The smallest absolute Gasteiger partial charge is 0.0991 e. The Bertz CT molecular complexity index is 515. The molecule has 1 aromatic rings. The fourth-order valence-electron chi connectivity index (χ4n) is 2.78. The lowest BCUT2D eigenvalue weighted by Gasteiger charge is -2.36. The molecular formula is C17H22N4. The summed E-state index contributed by atoms with van der Waals surface area (Å²) in [4.78, 5) is 4.72. The minimum absolute atomic E-state index is 0.0760. The van der Waals surface area contributed by atoms with Crippen molar-refractivity contribution in [3.05, 3.63) is 35.4 Å². The van der Waals surface area contributed by atoms with Crippen molar-refractivity contribution in [2.24, 2.45) is 0 Å². The second-order valence-electron chi connectivity index (χ2n) is 5.55. The van der Waals surface area contributed by atoms with E-state index in [1.165, 1.54) is 5.56 Å². The van der Waals surface area contributed by atoms with Crippen LogP contribution in [0.3, 0.4) is 0 Å². The Morgan fingerprint density at radius 3 is 2.29 bits per heavy atom. The van der Waals surface area contributed by atoms with Gasteiger partial charge in [0, 0.05) is 32.7 Å². The van der Waals surface area contributed by atoms with E-state index in [9.17, 15) is 5.26 Å². The molecule has 0 aromatic heterocycles. The van der Waals surface area contributed by atoms with E-state index in [-0.39, 0.29) is 6.04 Å². The Labute approximate surface area is 127 Å². The van der Waals surface area contributed by atoms with E-state index < -0.39 is 0 Å². The molecule has 2 rings (SSSR count). The summed E-state index contributed by atoms with van der Waals surface area (Å²) >= 11 is 0. The third-order valence-corrected chi connectivity index (χ3v) is 4.05. The first kappa shape index (κ1) is 15.5. The van der Waals surface area contributed by atoms with Crippen LogP contribution in [0.2, 0.25) is 0 Å². The van der Waals surface area contributed by atoms with Crippen LogP contribution in [0.1, 0.15) is 30.9 Å². The molecule has 0 bridgehead atoms. The number of nitrogens with zero attached hydrogens (tertiary/aromatic N) is 4. The van der Waals surface area contributed by atoms with Gasteiger partial charge in [-0.1, -0.05) is 25.5 Å². The van der Waals surface area contributed by atoms with E-state index in [0.29, 0.717) is 5.56 Å². The molecule has 0 radical (unpaired) electrons. The molecule has 0 amide bonds. The summed E-state index contributed by atoms with van der Waals surface area (Å²) in [6.07, 6.45) is 2.02. The maximum Gasteiger partial charge on any atom is 0.0991 e. The van der Waals surface area contributed by atoms with Crippen LogP contribution in [-0.2, 0) is 6.54 Å². The van der Waals surface area contributed by atoms with Crippen LogP contribution >= 0.6 is 0 Å². The van der Waals surface area contributed by atoms with E-state index in [1.54, 1.807) is 0 Å². The first-order valence-electron chi connectivity index (χ1n) is 7.62. The lowest BCUT2D eigenvalue weighted by atomic mass is 10.1. The van der Waals surface area contributed by atoms with Crippen molar-refractivity contribution in [1.29, 1.82) is 10.5 Å². The Kier molecular flexibility index (Phi) is 5.75. The average molecular weight is 282 g/mol. The molecular weight excluding hydrogens is 260 g/mol. The summed E-state index contributed by atoms with van der Waals surface area (Å²) in [5.41, 5.74) is 1.95. The minimum atomic E-state index is 0.0760. The van der Waals surface area contributed by atoms with Gasteiger partial charge >= 0.3 is 0 Å². The van der Waals surface area contributed by atoms with Crippen molar-refractivity contribution in [1.82, 2.24) is 9.80 Å². The first-order valence-corrected chi connectivity index (χ1v) is 7.62. The standard InChI is InChI=1S/C17H22N4/c1-2-3-17(13-19)21-10-8-20(9-11-21)14-16-6-4-15(12-18)5-7-16/h4-7,17H,2-3,8-11,14H2,1H3. The molecule has 4 nitrogen and oxygen atoms in total. The van der Waals surface area contributed by atoms with Crippen molar-refractivity contribution in [3.63, 3.8) is 0 Å². The summed E-state index contributed by atoms with van der Waals surface area (Å²) in [6, 6.07) is 12.4.